The zero-order valence-corrected chi connectivity index (χ0v) is 17.7. The van der Waals surface area contributed by atoms with Crippen molar-refractivity contribution in [2.45, 2.75) is 10.1 Å². The standard InChI is InChI=1S/C18H15ClN4O5S2/c19-12-3-1-2-4-13(12)22-30(26,27)11-5-6-15-14(9-11)21-18(28-15)29-10-16(24)23-8-7-20-17(23)25/h1-6,9,22H,7-8,10H2,(H,20,25). The summed E-state index contributed by atoms with van der Waals surface area (Å²) >= 11 is 7.05. The fraction of sp³-hybridized carbons (Fsp3) is 0.167. The number of oxazole rings is 1. The van der Waals surface area contributed by atoms with Gasteiger partial charge in [-0.2, -0.15) is 0 Å². The van der Waals surface area contributed by atoms with E-state index in [1.807, 2.05) is 0 Å². The lowest BCUT2D eigenvalue weighted by atomic mass is 10.3. The first kappa shape index (κ1) is 20.5. The molecule has 1 fully saturated rings. The molecule has 0 spiro atoms. The molecule has 2 N–H and O–H groups in total. The van der Waals surface area contributed by atoms with Gasteiger partial charge in [-0.1, -0.05) is 35.5 Å². The summed E-state index contributed by atoms with van der Waals surface area (Å²) in [5.74, 6) is -0.385. The molecule has 1 saturated heterocycles. The predicted molar refractivity (Wildman–Crippen MR) is 112 cm³/mol. The minimum absolute atomic E-state index is 0.00964. The average molecular weight is 467 g/mol. The van der Waals surface area contributed by atoms with E-state index in [1.54, 1.807) is 24.3 Å². The van der Waals surface area contributed by atoms with Crippen LogP contribution < -0.4 is 10.0 Å². The minimum atomic E-state index is -3.89. The smallest absolute Gasteiger partial charge is 0.324 e. The van der Waals surface area contributed by atoms with E-state index in [1.165, 1.54) is 18.2 Å². The van der Waals surface area contributed by atoms with Gasteiger partial charge in [-0.15, -0.1) is 0 Å². The van der Waals surface area contributed by atoms with Crippen molar-refractivity contribution >= 4 is 62.1 Å². The molecule has 3 aromatic rings. The number of hydrogen-bond acceptors (Lipinski definition) is 7. The summed E-state index contributed by atoms with van der Waals surface area (Å²) in [5.41, 5.74) is 0.964. The molecule has 9 nitrogen and oxygen atoms in total. The van der Waals surface area contributed by atoms with Gasteiger partial charge in [0.1, 0.15) is 5.52 Å². The molecule has 0 bridgehead atoms. The van der Waals surface area contributed by atoms with Gasteiger partial charge in [0.2, 0.25) is 5.91 Å². The molecule has 2 heterocycles. The van der Waals surface area contributed by atoms with Crippen LogP contribution in [0.5, 0.6) is 0 Å². The average Bonchev–Trinajstić information content (AvgIpc) is 3.32. The van der Waals surface area contributed by atoms with Crippen LogP contribution in [0.15, 0.2) is 57.0 Å². The van der Waals surface area contributed by atoms with Crippen molar-refractivity contribution in [1.29, 1.82) is 0 Å². The molecule has 0 atom stereocenters. The zero-order valence-electron chi connectivity index (χ0n) is 15.3. The van der Waals surface area contributed by atoms with Crippen LogP contribution in [0.25, 0.3) is 11.1 Å². The Kier molecular flexibility index (Phi) is 5.58. The first-order valence-corrected chi connectivity index (χ1v) is 11.6. The maximum Gasteiger partial charge on any atom is 0.324 e. The van der Waals surface area contributed by atoms with Crippen LogP contribution >= 0.6 is 23.4 Å². The number of nitrogens with zero attached hydrogens (tertiary/aromatic N) is 2. The number of anilines is 1. The second-order valence-electron chi connectivity index (χ2n) is 6.26. The molecule has 0 saturated carbocycles. The molecule has 1 aliphatic rings. The highest BCUT2D eigenvalue weighted by Gasteiger charge is 2.26. The van der Waals surface area contributed by atoms with Crippen molar-refractivity contribution in [2.24, 2.45) is 0 Å². The molecule has 1 aromatic heterocycles. The van der Waals surface area contributed by atoms with Gasteiger partial charge in [0.25, 0.3) is 15.2 Å². The normalized spacial score (nSPS) is 14.2. The number of hydrogen-bond donors (Lipinski definition) is 2. The van der Waals surface area contributed by atoms with Gasteiger partial charge < -0.3 is 9.73 Å². The highest BCUT2D eigenvalue weighted by atomic mass is 35.5. The number of benzene rings is 2. The fourth-order valence-electron chi connectivity index (χ4n) is 2.77. The van der Waals surface area contributed by atoms with Crippen LogP contribution in [0.4, 0.5) is 10.5 Å². The summed E-state index contributed by atoms with van der Waals surface area (Å²) in [6.45, 7) is 0.753. The second-order valence-corrected chi connectivity index (χ2v) is 9.28. The van der Waals surface area contributed by atoms with E-state index < -0.39 is 16.1 Å². The van der Waals surface area contributed by atoms with Crippen molar-refractivity contribution in [1.82, 2.24) is 15.2 Å². The molecule has 0 unspecified atom stereocenters. The van der Waals surface area contributed by atoms with Crippen LogP contribution in [0.1, 0.15) is 0 Å². The van der Waals surface area contributed by atoms with Crippen molar-refractivity contribution in [3.8, 4) is 0 Å². The molecule has 156 valence electrons. The molecule has 1 aliphatic heterocycles. The van der Waals surface area contributed by atoms with Crippen molar-refractivity contribution in [3.05, 3.63) is 47.5 Å². The van der Waals surface area contributed by atoms with Gasteiger partial charge in [0.15, 0.2) is 5.58 Å². The lowest BCUT2D eigenvalue weighted by Crippen LogP contribution is -2.35. The molecule has 3 amide bonds. The number of rotatable bonds is 6. The minimum Gasteiger partial charge on any atom is -0.431 e. The SMILES string of the molecule is O=C(CSc1nc2cc(S(=O)(=O)Nc3ccccc3Cl)ccc2o1)N1CCNC1=O. The molecule has 0 aliphatic carbocycles. The largest absolute Gasteiger partial charge is 0.431 e. The number of carbonyl (C=O) groups is 2. The van der Waals surface area contributed by atoms with Gasteiger partial charge >= 0.3 is 6.03 Å². The molecule has 0 radical (unpaired) electrons. The number of urea groups is 1. The lowest BCUT2D eigenvalue weighted by molar-refractivity contribution is -0.124. The van der Waals surface area contributed by atoms with Crippen LogP contribution in [-0.4, -0.2) is 49.1 Å². The maximum atomic E-state index is 12.7. The summed E-state index contributed by atoms with van der Waals surface area (Å²) in [4.78, 5) is 29.0. The molecular formula is C18H15ClN4O5S2. The second kappa shape index (κ2) is 8.17. The van der Waals surface area contributed by atoms with E-state index in [4.69, 9.17) is 16.0 Å². The van der Waals surface area contributed by atoms with Gasteiger partial charge in [0, 0.05) is 13.1 Å². The van der Waals surface area contributed by atoms with Crippen LogP contribution in [0, 0.1) is 0 Å². The number of carbonyl (C=O) groups excluding carboxylic acids is 2. The topological polar surface area (TPSA) is 122 Å². The number of amides is 3. The molecule has 2 aromatic carbocycles. The van der Waals surface area contributed by atoms with E-state index in [-0.39, 0.29) is 32.5 Å². The Morgan fingerprint density at radius 1 is 1.30 bits per heavy atom. The Morgan fingerprint density at radius 2 is 2.10 bits per heavy atom. The first-order chi connectivity index (χ1) is 14.3. The van der Waals surface area contributed by atoms with E-state index in [9.17, 15) is 18.0 Å². The third-order valence-corrected chi connectivity index (χ3v) is 6.75. The number of para-hydroxylation sites is 1. The van der Waals surface area contributed by atoms with Crippen LogP contribution in [0.3, 0.4) is 0 Å². The lowest BCUT2D eigenvalue weighted by Gasteiger charge is -2.10. The number of imide groups is 1. The summed E-state index contributed by atoms with van der Waals surface area (Å²) in [5, 5.41) is 3.04. The Hall–Kier alpha value is -2.76. The van der Waals surface area contributed by atoms with Crippen LogP contribution in [0.2, 0.25) is 5.02 Å². The van der Waals surface area contributed by atoms with E-state index in [0.717, 1.165) is 16.7 Å². The van der Waals surface area contributed by atoms with Crippen molar-refractivity contribution < 1.29 is 22.4 Å². The molecular weight excluding hydrogens is 452 g/mol. The fourth-order valence-corrected chi connectivity index (χ4v) is 4.83. The summed E-state index contributed by atoms with van der Waals surface area (Å²) in [6, 6.07) is 10.3. The molecule has 12 heteroatoms. The third-order valence-electron chi connectivity index (χ3n) is 4.24. The number of aromatic nitrogens is 1. The van der Waals surface area contributed by atoms with Crippen LogP contribution in [-0.2, 0) is 14.8 Å². The number of fused-ring (bicyclic) bond motifs is 1. The summed E-state index contributed by atoms with van der Waals surface area (Å²) in [7, 11) is -3.89. The Bertz CT molecular complexity index is 1240. The quantitative estimate of drug-likeness (QED) is 0.535. The maximum absolute atomic E-state index is 12.7. The Labute approximate surface area is 180 Å². The third kappa shape index (κ3) is 4.23. The molecule has 4 rings (SSSR count). The van der Waals surface area contributed by atoms with E-state index in [0.29, 0.717) is 24.2 Å². The van der Waals surface area contributed by atoms with Crippen molar-refractivity contribution in [2.75, 3.05) is 23.6 Å². The monoisotopic (exact) mass is 466 g/mol. The number of nitrogens with one attached hydrogen (secondary N) is 2. The molecule has 30 heavy (non-hydrogen) atoms. The van der Waals surface area contributed by atoms with Gasteiger partial charge in [-0.3, -0.25) is 14.4 Å². The summed E-state index contributed by atoms with van der Waals surface area (Å²) < 4.78 is 33.3. The Morgan fingerprint density at radius 3 is 2.83 bits per heavy atom. The highest BCUT2D eigenvalue weighted by Crippen LogP contribution is 2.28. The summed E-state index contributed by atoms with van der Waals surface area (Å²) in [6.07, 6.45) is 0. The predicted octanol–water partition coefficient (Wildman–Crippen LogP) is 2.93. The van der Waals surface area contributed by atoms with Gasteiger partial charge in [-0.25, -0.2) is 18.2 Å². The Balaban J connectivity index is 1.50. The number of halogens is 1. The van der Waals surface area contributed by atoms with Gasteiger partial charge in [0.05, 0.1) is 21.4 Å². The number of sulfonamides is 1. The zero-order chi connectivity index (χ0) is 21.3. The van der Waals surface area contributed by atoms with Crippen molar-refractivity contribution in [3.63, 3.8) is 0 Å². The van der Waals surface area contributed by atoms with E-state index in [2.05, 4.69) is 15.0 Å². The van der Waals surface area contributed by atoms with Gasteiger partial charge in [-0.05, 0) is 30.3 Å². The first-order valence-electron chi connectivity index (χ1n) is 8.72. The number of thioether (sulfide) groups is 1. The highest BCUT2D eigenvalue weighted by molar-refractivity contribution is 7.99. The van der Waals surface area contributed by atoms with E-state index >= 15 is 0 Å².